The maximum Gasteiger partial charge on any atom is 0.243 e. The molecule has 0 radical (unpaired) electrons. The Morgan fingerprint density at radius 3 is 2.57 bits per heavy atom. The molecular weight excluding hydrogens is 266 g/mol. The molecule has 4 atom stereocenters. The van der Waals surface area contributed by atoms with E-state index in [1.807, 2.05) is 18.7 Å². The van der Waals surface area contributed by atoms with Gasteiger partial charge in [-0.05, 0) is 37.5 Å². The van der Waals surface area contributed by atoms with Crippen molar-refractivity contribution in [2.75, 3.05) is 13.1 Å². The van der Waals surface area contributed by atoms with E-state index in [1.54, 1.807) is 0 Å². The van der Waals surface area contributed by atoms with Crippen molar-refractivity contribution in [1.29, 1.82) is 0 Å². The maximum atomic E-state index is 12.7. The van der Waals surface area contributed by atoms with Crippen molar-refractivity contribution in [1.82, 2.24) is 15.5 Å². The third-order valence-corrected chi connectivity index (χ3v) is 5.24. The molecule has 3 saturated heterocycles. The number of fused-ring (bicyclic) bond motifs is 2. The van der Waals surface area contributed by atoms with Gasteiger partial charge in [0.15, 0.2) is 0 Å². The fourth-order valence-electron chi connectivity index (χ4n) is 4.33. The van der Waals surface area contributed by atoms with E-state index in [9.17, 15) is 9.59 Å². The Hall–Kier alpha value is -1.10. The lowest BCUT2D eigenvalue weighted by Gasteiger charge is -2.38. The molecule has 1 unspecified atom stereocenters. The molecular formula is C16H27N3O2. The van der Waals surface area contributed by atoms with Crippen molar-refractivity contribution in [3.63, 3.8) is 0 Å². The first kappa shape index (κ1) is 14.8. The van der Waals surface area contributed by atoms with Crippen molar-refractivity contribution in [2.24, 2.45) is 11.8 Å². The topological polar surface area (TPSA) is 61.4 Å². The van der Waals surface area contributed by atoms with Gasteiger partial charge in [-0.15, -0.1) is 0 Å². The van der Waals surface area contributed by atoms with Crippen LogP contribution in [0.4, 0.5) is 0 Å². The molecule has 3 fully saturated rings. The van der Waals surface area contributed by atoms with E-state index in [4.69, 9.17) is 0 Å². The van der Waals surface area contributed by atoms with Gasteiger partial charge >= 0.3 is 0 Å². The van der Waals surface area contributed by atoms with Crippen LogP contribution in [0.2, 0.25) is 0 Å². The number of carbonyl (C=O) groups excluding carboxylic acids is 2. The van der Waals surface area contributed by atoms with Crippen molar-refractivity contribution in [3.8, 4) is 0 Å². The molecule has 3 aliphatic rings. The summed E-state index contributed by atoms with van der Waals surface area (Å²) >= 11 is 0. The fourth-order valence-corrected chi connectivity index (χ4v) is 4.33. The average molecular weight is 293 g/mol. The predicted octanol–water partition coefficient (Wildman–Crippen LogP) is 0.890. The van der Waals surface area contributed by atoms with Gasteiger partial charge in [-0.2, -0.15) is 0 Å². The summed E-state index contributed by atoms with van der Waals surface area (Å²) < 4.78 is 0. The molecule has 0 aromatic carbocycles. The largest absolute Gasteiger partial charge is 0.353 e. The second-order valence-electron chi connectivity index (χ2n) is 7.25. The van der Waals surface area contributed by atoms with E-state index < -0.39 is 0 Å². The Morgan fingerprint density at radius 2 is 1.95 bits per heavy atom. The van der Waals surface area contributed by atoms with Gasteiger partial charge in [-0.25, -0.2) is 0 Å². The van der Waals surface area contributed by atoms with E-state index in [0.717, 1.165) is 12.8 Å². The summed E-state index contributed by atoms with van der Waals surface area (Å²) in [6, 6.07) is 0.948. The molecule has 2 N–H and O–H groups in total. The molecule has 0 aromatic rings. The first-order valence-electron chi connectivity index (χ1n) is 8.38. The molecule has 2 bridgehead atoms. The van der Waals surface area contributed by atoms with Crippen molar-refractivity contribution in [2.45, 2.75) is 64.1 Å². The van der Waals surface area contributed by atoms with Crippen LogP contribution in [0.1, 0.15) is 46.0 Å². The summed E-state index contributed by atoms with van der Waals surface area (Å²) in [5.74, 6) is 0.845. The van der Waals surface area contributed by atoms with Crippen LogP contribution in [-0.4, -0.2) is 47.9 Å². The minimum Gasteiger partial charge on any atom is -0.353 e. The predicted molar refractivity (Wildman–Crippen MR) is 80.6 cm³/mol. The summed E-state index contributed by atoms with van der Waals surface area (Å²) in [5.41, 5.74) is 0. The number of amides is 2. The summed E-state index contributed by atoms with van der Waals surface area (Å²) in [7, 11) is 0. The molecule has 3 rings (SSSR count). The highest BCUT2D eigenvalue weighted by Gasteiger charge is 2.38. The molecule has 21 heavy (non-hydrogen) atoms. The Morgan fingerprint density at radius 1 is 1.29 bits per heavy atom. The molecule has 0 saturated carbocycles. The molecule has 0 aliphatic carbocycles. The smallest absolute Gasteiger partial charge is 0.243 e. The number of nitrogens with zero attached hydrogens (tertiary/aromatic N) is 1. The highest BCUT2D eigenvalue weighted by Crippen LogP contribution is 2.33. The van der Waals surface area contributed by atoms with Crippen molar-refractivity contribution in [3.05, 3.63) is 0 Å². The molecule has 118 valence electrons. The zero-order valence-corrected chi connectivity index (χ0v) is 13.1. The zero-order valence-electron chi connectivity index (χ0n) is 13.1. The molecule has 5 nitrogen and oxygen atoms in total. The van der Waals surface area contributed by atoms with Crippen LogP contribution in [-0.2, 0) is 9.59 Å². The van der Waals surface area contributed by atoms with Crippen LogP contribution in [0.3, 0.4) is 0 Å². The Labute approximate surface area is 126 Å². The SMILES string of the molecule is CC(C)[C@@H]1C(=O)NCCN1C(=O)CC1C[C@H]2CC[C@@H](C1)N2. The monoisotopic (exact) mass is 293 g/mol. The van der Waals surface area contributed by atoms with E-state index in [0.29, 0.717) is 37.5 Å². The minimum atomic E-state index is -0.287. The van der Waals surface area contributed by atoms with E-state index in [-0.39, 0.29) is 23.8 Å². The molecule has 0 spiro atoms. The third kappa shape index (κ3) is 3.07. The zero-order chi connectivity index (χ0) is 15.0. The normalized spacial score (nSPS) is 36.0. The van der Waals surface area contributed by atoms with Gasteiger partial charge in [0, 0.05) is 31.6 Å². The van der Waals surface area contributed by atoms with Crippen LogP contribution >= 0.6 is 0 Å². The van der Waals surface area contributed by atoms with Crippen LogP contribution in [0.15, 0.2) is 0 Å². The number of rotatable bonds is 3. The number of carbonyl (C=O) groups is 2. The molecule has 5 heteroatoms. The van der Waals surface area contributed by atoms with Crippen LogP contribution in [0, 0.1) is 11.8 Å². The Kier molecular flexibility index (Phi) is 4.20. The Balaban J connectivity index is 1.62. The second-order valence-corrected chi connectivity index (χ2v) is 7.25. The highest BCUT2D eigenvalue weighted by atomic mass is 16.2. The van der Waals surface area contributed by atoms with Crippen LogP contribution in [0.25, 0.3) is 0 Å². The summed E-state index contributed by atoms with van der Waals surface area (Å²) in [4.78, 5) is 26.6. The van der Waals surface area contributed by atoms with Gasteiger partial charge < -0.3 is 15.5 Å². The van der Waals surface area contributed by atoms with Gasteiger partial charge in [-0.3, -0.25) is 9.59 Å². The van der Waals surface area contributed by atoms with Gasteiger partial charge in [0.1, 0.15) is 6.04 Å². The van der Waals surface area contributed by atoms with E-state index in [1.165, 1.54) is 12.8 Å². The molecule has 3 heterocycles. The number of hydrogen-bond donors (Lipinski definition) is 2. The van der Waals surface area contributed by atoms with Crippen LogP contribution in [0.5, 0.6) is 0 Å². The standard InChI is InChI=1S/C16H27N3O2/c1-10(2)15-16(21)17-5-6-19(15)14(20)9-11-7-12-3-4-13(8-11)18-12/h10-13,15,18H,3-9H2,1-2H3,(H,17,21)/t11?,12-,13+,15-/m1/s1. The van der Waals surface area contributed by atoms with Gasteiger partial charge in [0.2, 0.25) is 11.8 Å². The number of piperazine rings is 1. The maximum absolute atomic E-state index is 12.7. The first-order valence-corrected chi connectivity index (χ1v) is 8.38. The summed E-state index contributed by atoms with van der Waals surface area (Å²) in [6.45, 7) is 5.28. The average Bonchev–Trinajstić information content (AvgIpc) is 2.77. The highest BCUT2D eigenvalue weighted by molar-refractivity contribution is 5.89. The van der Waals surface area contributed by atoms with Crippen molar-refractivity contribution >= 4 is 11.8 Å². The number of nitrogens with one attached hydrogen (secondary N) is 2. The number of hydrogen-bond acceptors (Lipinski definition) is 3. The molecule has 3 aliphatic heterocycles. The Bertz CT molecular complexity index is 412. The van der Waals surface area contributed by atoms with Gasteiger partial charge in [0.05, 0.1) is 0 Å². The molecule has 2 amide bonds. The van der Waals surface area contributed by atoms with Gasteiger partial charge in [-0.1, -0.05) is 13.8 Å². The lowest BCUT2D eigenvalue weighted by molar-refractivity contribution is -0.145. The van der Waals surface area contributed by atoms with Crippen LogP contribution < -0.4 is 10.6 Å². The summed E-state index contributed by atoms with van der Waals surface area (Å²) in [5, 5.41) is 6.50. The minimum absolute atomic E-state index is 0.00924. The quantitative estimate of drug-likeness (QED) is 0.812. The fraction of sp³-hybridized carbons (Fsp3) is 0.875. The van der Waals surface area contributed by atoms with Gasteiger partial charge in [0.25, 0.3) is 0 Å². The van der Waals surface area contributed by atoms with E-state index in [2.05, 4.69) is 10.6 Å². The lowest BCUT2D eigenvalue weighted by Crippen LogP contribution is -2.59. The van der Waals surface area contributed by atoms with E-state index >= 15 is 0 Å². The van der Waals surface area contributed by atoms with Crippen molar-refractivity contribution < 1.29 is 9.59 Å². The lowest BCUT2D eigenvalue weighted by atomic mass is 9.88. The molecule has 0 aromatic heterocycles. The second kappa shape index (κ2) is 5.95. The third-order valence-electron chi connectivity index (χ3n) is 5.24. The first-order chi connectivity index (χ1) is 10.0. The summed E-state index contributed by atoms with van der Waals surface area (Å²) in [6.07, 6.45) is 5.38. The number of piperidine rings is 1.